The third-order valence-corrected chi connectivity index (χ3v) is 2.42. The van der Waals surface area contributed by atoms with Gasteiger partial charge in [-0.1, -0.05) is 11.6 Å². The van der Waals surface area contributed by atoms with Gasteiger partial charge in [0.25, 0.3) is 0 Å². The molecule has 15 heavy (non-hydrogen) atoms. The molecule has 0 radical (unpaired) electrons. The molecule has 1 aromatic carbocycles. The number of halogens is 1. The van der Waals surface area contributed by atoms with Gasteiger partial charge >= 0.3 is 0 Å². The molecule has 0 fully saturated rings. The quantitative estimate of drug-likeness (QED) is 0.752. The van der Waals surface area contributed by atoms with Gasteiger partial charge in [-0.05, 0) is 25.1 Å². The summed E-state index contributed by atoms with van der Waals surface area (Å²) in [6.45, 7) is 1.84. The van der Waals surface area contributed by atoms with Gasteiger partial charge in [0.1, 0.15) is 5.82 Å². The molecule has 1 aromatic heterocycles. The van der Waals surface area contributed by atoms with Crippen molar-refractivity contribution in [3.05, 3.63) is 29.0 Å². The summed E-state index contributed by atoms with van der Waals surface area (Å²) in [7, 11) is 1.84. The normalized spacial score (nSPS) is 10.6. The molecular formula is C10H11ClN4. The molecule has 0 spiro atoms. The molecule has 2 N–H and O–H groups in total. The predicted octanol–water partition coefficient (Wildman–Crippen LogP) is 2.03. The number of hydrogen-bond acceptors (Lipinski definition) is 3. The van der Waals surface area contributed by atoms with E-state index in [1.165, 1.54) is 0 Å². The van der Waals surface area contributed by atoms with Crippen molar-refractivity contribution in [1.82, 2.24) is 14.8 Å². The van der Waals surface area contributed by atoms with E-state index in [1.54, 1.807) is 16.8 Å². The van der Waals surface area contributed by atoms with Crippen LogP contribution in [0.4, 0.5) is 5.69 Å². The highest BCUT2D eigenvalue weighted by molar-refractivity contribution is 6.33. The predicted molar refractivity (Wildman–Crippen MR) is 60.6 cm³/mol. The van der Waals surface area contributed by atoms with Crippen LogP contribution in [0.3, 0.4) is 0 Å². The average molecular weight is 223 g/mol. The van der Waals surface area contributed by atoms with Crippen LogP contribution in [0.2, 0.25) is 5.02 Å². The zero-order valence-electron chi connectivity index (χ0n) is 8.53. The van der Waals surface area contributed by atoms with Gasteiger partial charge in [-0.2, -0.15) is 5.10 Å². The Morgan fingerprint density at radius 1 is 1.40 bits per heavy atom. The van der Waals surface area contributed by atoms with Crippen molar-refractivity contribution in [2.24, 2.45) is 7.05 Å². The second-order valence-electron chi connectivity index (χ2n) is 3.35. The molecule has 78 valence electrons. The molecule has 5 heteroatoms. The van der Waals surface area contributed by atoms with Gasteiger partial charge in [0.15, 0.2) is 5.82 Å². The summed E-state index contributed by atoms with van der Waals surface area (Å²) in [4.78, 5) is 4.30. The zero-order valence-corrected chi connectivity index (χ0v) is 9.28. The number of rotatable bonds is 1. The van der Waals surface area contributed by atoms with E-state index in [2.05, 4.69) is 10.1 Å². The van der Waals surface area contributed by atoms with Gasteiger partial charge < -0.3 is 5.73 Å². The lowest BCUT2D eigenvalue weighted by molar-refractivity contribution is 0.764. The lowest BCUT2D eigenvalue weighted by Gasteiger charge is -2.03. The minimum absolute atomic E-state index is 0.588. The summed E-state index contributed by atoms with van der Waals surface area (Å²) in [5.41, 5.74) is 7.10. The summed E-state index contributed by atoms with van der Waals surface area (Å²) < 4.78 is 1.70. The van der Waals surface area contributed by atoms with Gasteiger partial charge in [0.05, 0.1) is 5.02 Å². The number of aromatic nitrogens is 3. The monoisotopic (exact) mass is 222 g/mol. The zero-order chi connectivity index (χ0) is 11.0. The van der Waals surface area contributed by atoms with E-state index in [9.17, 15) is 0 Å². The summed E-state index contributed by atoms with van der Waals surface area (Å²) in [6.07, 6.45) is 0. The second-order valence-corrected chi connectivity index (χ2v) is 3.75. The highest BCUT2D eigenvalue weighted by Crippen LogP contribution is 2.27. The van der Waals surface area contributed by atoms with Gasteiger partial charge in [0, 0.05) is 18.3 Å². The fraction of sp³-hybridized carbons (Fsp3) is 0.200. The van der Waals surface area contributed by atoms with Crippen molar-refractivity contribution >= 4 is 17.3 Å². The smallest absolute Gasteiger partial charge is 0.159 e. The van der Waals surface area contributed by atoms with Crippen molar-refractivity contribution in [2.45, 2.75) is 6.92 Å². The fourth-order valence-electron chi connectivity index (χ4n) is 1.46. The Morgan fingerprint density at radius 2 is 2.13 bits per heavy atom. The van der Waals surface area contributed by atoms with Gasteiger partial charge in [-0.15, -0.1) is 0 Å². The van der Waals surface area contributed by atoms with Crippen molar-refractivity contribution in [2.75, 3.05) is 5.73 Å². The molecular weight excluding hydrogens is 212 g/mol. The highest BCUT2D eigenvalue weighted by atomic mass is 35.5. The maximum atomic E-state index is 6.08. The van der Waals surface area contributed by atoms with Gasteiger partial charge in [-0.25, -0.2) is 9.67 Å². The fourth-order valence-corrected chi connectivity index (χ4v) is 1.73. The van der Waals surface area contributed by atoms with Crippen LogP contribution >= 0.6 is 11.6 Å². The number of aryl methyl sites for hydroxylation is 2. The first-order valence-electron chi connectivity index (χ1n) is 4.51. The topological polar surface area (TPSA) is 56.7 Å². The van der Waals surface area contributed by atoms with E-state index in [0.717, 1.165) is 17.2 Å². The average Bonchev–Trinajstić information content (AvgIpc) is 2.45. The van der Waals surface area contributed by atoms with E-state index in [0.29, 0.717) is 10.7 Å². The summed E-state index contributed by atoms with van der Waals surface area (Å²) >= 11 is 6.08. The Labute approximate surface area is 92.7 Å². The Kier molecular flexibility index (Phi) is 2.36. The maximum Gasteiger partial charge on any atom is 0.159 e. The first-order valence-corrected chi connectivity index (χ1v) is 4.89. The molecule has 0 unspecified atom stereocenters. The van der Waals surface area contributed by atoms with E-state index in [1.807, 2.05) is 20.0 Å². The minimum Gasteiger partial charge on any atom is -0.399 e. The molecule has 0 aliphatic rings. The first-order chi connectivity index (χ1) is 7.08. The van der Waals surface area contributed by atoms with Gasteiger partial charge in [-0.3, -0.25) is 0 Å². The molecule has 0 amide bonds. The van der Waals surface area contributed by atoms with Crippen molar-refractivity contribution < 1.29 is 0 Å². The Balaban J connectivity index is 2.59. The Hall–Kier alpha value is -1.55. The van der Waals surface area contributed by atoms with Crippen molar-refractivity contribution in [1.29, 1.82) is 0 Å². The van der Waals surface area contributed by atoms with Crippen LogP contribution in [0.25, 0.3) is 11.4 Å². The molecule has 1 heterocycles. The summed E-state index contributed by atoms with van der Waals surface area (Å²) in [5, 5.41) is 4.76. The maximum absolute atomic E-state index is 6.08. The SMILES string of the molecule is Cc1nc(-c2ccc(N)cc2Cl)n(C)n1. The summed E-state index contributed by atoms with van der Waals surface area (Å²) in [5.74, 6) is 1.47. The number of nitrogens with two attached hydrogens (primary N) is 1. The molecule has 0 saturated heterocycles. The lowest BCUT2D eigenvalue weighted by atomic mass is 10.2. The second kappa shape index (κ2) is 3.55. The number of hydrogen-bond donors (Lipinski definition) is 1. The van der Waals surface area contributed by atoms with Crippen LogP contribution in [0, 0.1) is 6.92 Å². The molecule has 4 nitrogen and oxygen atoms in total. The third-order valence-electron chi connectivity index (χ3n) is 2.10. The third kappa shape index (κ3) is 1.80. The molecule has 0 aliphatic carbocycles. The molecule has 0 saturated carbocycles. The highest BCUT2D eigenvalue weighted by Gasteiger charge is 2.10. The molecule has 0 bridgehead atoms. The lowest BCUT2D eigenvalue weighted by Crippen LogP contribution is -1.95. The first kappa shape index (κ1) is 9.98. The Morgan fingerprint density at radius 3 is 2.67 bits per heavy atom. The molecule has 2 rings (SSSR count). The van der Waals surface area contributed by atoms with Crippen LogP contribution in [-0.4, -0.2) is 14.8 Å². The van der Waals surface area contributed by atoms with E-state index < -0.39 is 0 Å². The van der Waals surface area contributed by atoms with Crippen LogP contribution in [0.1, 0.15) is 5.82 Å². The Bertz CT molecular complexity index is 504. The number of nitrogen functional groups attached to an aromatic ring is 1. The van der Waals surface area contributed by atoms with E-state index in [-0.39, 0.29) is 0 Å². The molecule has 0 atom stereocenters. The van der Waals surface area contributed by atoms with Gasteiger partial charge in [0.2, 0.25) is 0 Å². The summed E-state index contributed by atoms with van der Waals surface area (Å²) in [6, 6.07) is 5.35. The van der Waals surface area contributed by atoms with Crippen molar-refractivity contribution in [3.63, 3.8) is 0 Å². The van der Waals surface area contributed by atoms with Crippen molar-refractivity contribution in [3.8, 4) is 11.4 Å². The molecule has 2 aromatic rings. The van der Waals surface area contributed by atoms with Crippen LogP contribution in [-0.2, 0) is 7.05 Å². The number of anilines is 1. The van der Waals surface area contributed by atoms with Crippen LogP contribution in [0.5, 0.6) is 0 Å². The molecule has 0 aliphatic heterocycles. The minimum atomic E-state index is 0.588. The van der Waals surface area contributed by atoms with E-state index >= 15 is 0 Å². The largest absolute Gasteiger partial charge is 0.399 e. The number of nitrogens with zero attached hydrogens (tertiary/aromatic N) is 3. The van der Waals surface area contributed by atoms with Crippen LogP contribution in [0.15, 0.2) is 18.2 Å². The number of benzene rings is 1. The van der Waals surface area contributed by atoms with E-state index in [4.69, 9.17) is 17.3 Å². The standard InChI is InChI=1S/C10H11ClN4/c1-6-13-10(15(2)14-6)8-4-3-7(12)5-9(8)11/h3-5H,12H2,1-2H3. The van der Waals surface area contributed by atoms with Crippen LogP contribution < -0.4 is 5.73 Å².